The van der Waals surface area contributed by atoms with Crippen molar-refractivity contribution in [3.05, 3.63) is 36.6 Å². The number of hydrogen-bond donors (Lipinski definition) is 0. The molecule has 12 heavy (non-hydrogen) atoms. The monoisotopic (exact) mass is 165 g/mol. The van der Waals surface area contributed by atoms with Crippen LogP contribution in [0.4, 0.5) is 0 Å². The SMILES string of the molecule is C=CC=N/C(C)=C(/C)C=C.CC. The lowest BCUT2D eigenvalue weighted by Gasteiger charge is -1.93. The second kappa shape index (κ2) is 9.89. The Labute approximate surface area is 76.2 Å². The summed E-state index contributed by atoms with van der Waals surface area (Å²) in [5, 5.41) is 0. The van der Waals surface area contributed by atoms with Crippen LogP contribution in [0.25, 0.3) is 0 Å². The first-order chi connectivity index (χ1) is 5.72. The van der Waals surface area contributed by atoms with Gasteiger partial charge in [-0.15, -0.1) is 0 Å². The van der Waals surface area contributed by atoms with Crippen molar-refractivity contribution in [1.82, 2.24) is 0 Å². The summed E-state index contributed by atoms with van der Waals surface area (Å²) < 4.78 is 0. The van der Waals surface area contributed by atoms with Crippen molar-refractivity contribution < 1.29 is 0 Å². The number of rotatable bonds is 3. The molecule has 0 atom stereocenters. The second-order valence-electron chi connectivity index (χ2n) is 1.99. The maximum absolute atomic E-state index is 4.08. The fourth-order valence-electron chi connectivity index (χ4n) is 0.414. The molecule has 0 radical (unpaired) electrons. The van der Waals surface area contributed by atoms with E-state index in [1.807, 2.05) is 27.7 Å². The maximum Gasteiger partial charge on any atom is 0.0401 e. The van der Waals surface area contributed by atoms with E-state index in [4.69, 9.17) is 0 Å². The molecule has 0 aromatic carbocycles. The summed E-state index contributed by atoms with van der Waals surface area (Å²) in [5.74, 6) is 0. The Hall–Kier alpha value is -1.11. The highest BCUT2D eigenvalue weighted by atomic mass is 14.7. The summed E-state index contributed by atoms with van der Waals surface area (Å²) in [4.78, 5) is 4.08. The Morgan fingerprint density at radius 1 is 1.17 bits per heavy atom. The number of allylic oxidation sites excluding steroid dienone is 4. The van der Waals surface area contributed by atoms with E-state index in [0.717, 1.165) is 11.3 Å². The summed E-state index contributed by atoms with van der Waals surface area (Å²) in [6.07, 6.45) is 5.11. The van der Waals surface area contributed by atoms with E-state index in [1.165, 1.54) is 0 Å². The molecular weight excluding hydrogens is 146 g/mol. The normalized spacial score (nSPS) is 11.3. The maximum atomic E-state index is 4.08. The van der Waals surface area contributed by atoms with Crippen LogP contribution in [0, 0.1) is 0 Å². The third-order valence-electron chi connectivity index (χ3n) is 1.25. The Balaban J connectivity index is 0. The van der Waals surface area contributed by atoms with E-state index < -0.39 is 0 Å². The minimum absolute atomic E-state index is 0.981. The van der Waals surface area contributed by atoms with E-state index in [9.17, 15) is 0 Å². The zero-order valence-electron chi connectivity index (χ0n) is 8.59. The van der Waals surface area contributed by atoms with E-state index in [2.05, 4.69) is 18.2 Å². The van der Waals surface area contributed by atoms with Crippen molar-refractivity contribution in [2.75, 3.05) is 0 Å². The van der Waals surface area contributed by atoms with Crippen LogP contribution in [0.5, 0.6) is 0 Å². The van der Waals surface area contributed by atoms with E-state index in [1.54, 1.807) is 18.4 Å². The molecule has 1 heteroatoms. The van der Waals surface area contributed by atoms with Crippen molar-refractivity contribution >= 4 is 6.21 Å². The highest BCUT2D eigenvalue weighted by Gasteiger charge is 1.85. The summed E-state index contributed by atoms with van der Waals surface area (Å²) in [6, 6.07) is 0. The Kier molecular flexibility index (Phi) is 11.1. The molecule has 0 aromatic rings. The fourth-order valence-corrected chi connectivity index (χ4v) is 0.414. The van der Waals surface area contributed by atoms with Crippen LogP contribution >= 0.6 is 0 Å². The molecule has 0 aliphatic rings. The van der Waals surface area contributed by atoms with Gasteiger partial charge in [-0.3, -0.25) is 4.99 Å². The van der Waals surface area contributed by atoms with Gasteiger partial charge in [0.25, 0.3) is 0 Å². The van der Waals surface area contributed by atoms with Crippen molar-refractivity contribution in [3.63, 3.8) is 0 Å². The summed E-state index contributed by atoms with van der Waals surface area (Å²) in [7, 11) is 0. The van der Waals surface area contributed by atoms with Crippen LogP contribution in [0.3, 0.4) is 0 Å². The van der Waals surface area contributed by atoms with Crippen molar-refractivity contribution in [3.8, 4) is 0 Å². The average Bonchev–Trinajstić information content (AvgIpc) is 2.16. The third-order valence-corrected chi connectivity index (χ3v) is 1.25. The quantitative estimate of drug-likeness (QED) is 0.446. The first kappa shape index (κ1) is 13.5. The molecule has 0 fully saturated rings. The second-order valence-corrected chi connectivity index (χ2v) is 1.99. The predicted molar refractivity (Wildman–Crippen MR) is 58.6 cm³/mol. The summed E-state index contributed by atoms with van der Waals surface area (Å²) >= 11 is 0. The molecule has 0 saturated carbocycles. The largest absolute Gasteiger partial charge is 0.261 e. The van der Waals surface area contributed by atoms with Gasteiger partial charge in [0, 0.05) is 11.9 Å². The average molecular weight is 165 g/mol. The third kappa shape index (κ3) is 7.00. The molecule has 0 rings (SSSR count). The van der Waals surface area contributed by atoms with Gasteiger partial charge in [0.2, 0.25) is 0 Å². The molecule has 0 heterocycles. The van der Waals surface area contributed by atoms with Gasteiger partial charge in [0.15, 0.2) is 0 Å². The highest BCUT2D eigenvalue weighted by Crippen LogP contribution is 2.03. The number of nitrogens with zero attached hydrogens (tertiary/aromatic N) is 1. The summed E-state index contributed by atoms with van der Waals surface area (Å²) in [6.45, 7) is 15.1. The van der Waals surface area contributed by atoms with Crippen molar-refractivity contribution in [2.24, 2.45) is 4.99 Å². The minimum Gasteiger partial charge on any atom is -0.261 e. The molecule has 1 nitrogen and oxygen atoms in total. The van der Waals surface area contributed by atoms with Crippen molar-refractivity contribution in [2.45, 2.75) is 27.7 Å². The first-order valence-corrected chi connectivity index (χ1v) is 4.17. The van der Waals surface area contributed by atoms with Gasteiger partial charge < -0.3 is 0 Å². The molecule has 0 aliphatic heterocycles. The van der Waals surface area contributed by atoms with E-state index in [0.29, 0.717) is 0 Å². The molecule has 0 bridgehead atoms. The van der Waals surface area contributed by atoms with Gasteiger partial charge >= 0.3 is 0 Å². The Morgan fingerprint density at radius 2 is 1.67 bits per heavy atom. The predicted octanol–water partition coefficient (Wildman–Crippen LogP) is 3.75. The lowest BCUT2D eigenvalue weighted by atomic mass is 10.2. The van der Waals surface area contributed by atoms with Gasteiger partial charge in [-0.2, -0.15) is 0 Å². The van der Waals surface area contributed by atoms with Crippen LogP contribution in [0.1, 0.15) is 27.7 Å². The fraction of sp³-hybridized carbons (Fsp3) is 0.364. The van der Waals surface area contributed by atoms with Crippen LogP contribution in [0.15, 0.2) is 41.6 Å². The number of hydrogen-bond acceptors (Lipinski definition) is 1. The first-order valence-electron chi connectivity index (χ1n) is 4.17. The lowest BCUT2D eigenvalue weighted by molar-refractivity contribution is 1.24. The molecule has 0 spiro atoms. The van der Waals surface area contributed by atoms with Gasteiger partial charge in [0.05, 0.1) is 0 Å². The highest BCUT2D eigenvalue weighted by molar-refractivity contribution is 5.71. The zero-order chi connectivity index (χ0) is 9.98. The lowest BCUT2D eigenvalue weighted by Crippen LogP contribution is -1.75. The van der Waals surface area contributed by atoms with E-state index in [-0.39, 0.29) is 0 Å². The van der Waals surface area contributed by atoms with Crippen LogP contribution in [0.2, 0.25) is 0 Å². The molecule has 0 N–H and O–H groups in total. The topological polar surface area (TPSA) is 12.4 Å². The van der Waals surface area contributed by atoms with Gasteiger partial charge in [-0.1, -0.05) is 39.2 Å². The Bertz CT molecular complexity index is 185. The molecule has 0 saturated heterocycles. The minimum atomic E-state index is 0.981. The molecular formula is C11H19N. The molecule has 0 unspecified atom stereocenters. The van der Waals surface area contributed by atoms with Crippen LogP contribution < -0.4 is 0 Å². The standard InChI is InChI=1S/C9H13N.C2H6/c1-5-7-10-9(4)8(3)6-2;1-2/h5-7H,1-2H2,3-4H3;1-2H3/b9-8-,10-7?;. The molecule has 0 aromatic heterocycles. The zero-order valence-corrected chi connectivity index (χ0v) is 8.59. The molecule has 68 valence electrons. The molecule has 0 amide bonds. The van der Waals surface area contributed by atoms with E-state index >= 15 is 0 Å². The van der Waals surface area contributed by atoms with Crippen LogP contribution in [-0.4, -0.2) is 6.21 Å². The Morgan fingerprint density at radius 3 is 2.00 bits per heavy atom. The van der Waals surface area contributed by atoms with Gasteiger partial charge in [0.1, 0.15) is 0 Å². The summed E-state index contributed by atoms with van der Waals surface area (Å²) in [5.41, 5.74) is 2.08. The van der Waals surface area contributed by atoms with Crippen molar-refractivity contribution in [1.29, 1.82) is 0 Å². The smallest absolute Gasteiger partial charge is 0.0401 e. The molecule has 0 aliphatic carbocycles. The number of aliphatic imine (C=N–C) groups is 1. The van der Waals surface area contributed by atoms with Gasteiger partial charge in [-0.25, -0.2) is 0 Å². The van der Waals surface area contributed by atoms with Gasteiger partial charge in [-0.05, 0) is 19.4 Å². The van der Waals surface area contributed by atoms with Crippen LogP contribution in [-0.2, 0) is 0 Å².